The molecule has 0 amide bonds. The van der Waals surface area contributed by atoms with Crippen LogP contribution in [-0.4, -0.2) is 23.1 Å². The number of nitrogens with zero attached hydrogens (tertiary/aromatic N) is 1. The molecular weight excluding hydrogens is 162 g/mol. The summed E-state index contributed by atoms with van der Waals surface area (Å²) in [5, 5.41) is 3.32. The van der Waals surface area contributed by atoms with Gasteiger partial charge >= 0.3 is 0 Å². The number of aromatic amines is 1. The fraction of sp³-hybridized carbons (Fsp3) is 0.500. The zero-order chi connectivity index (χ0) is 8.93. The van der Waals surface area contributed by atoms with Gasteiger partial charge in [-0.25, -0.2) is 4.98 Å². The van der Waals surface area contributed by atoms with Gasteiger partial charge in [-0.1, -0.05) is 5.92 Å². The third-order valence-electron chi connectivity index (χ3n) is 2.25. The number of piperidine rings is 1. The molecule has 1 aromatic heterocycles. The maximum Gasteiger partial charge on any atom is 0.109 e. The molecule has 13 heavy (non-hydrogen) atoms. The minimum atomic E-state index is 0.560. The van der Waals surface area contributed by atoms with Crippen molar-refractivity contribution < 1.29 is 0 Å². The summed E-state index contributed by atoms with van der Waals surface area (Å²) >= 11 is 0. The molecule has 0 saturated carbocycles. The average Bonchev–Trinajstić information content (AvgIpc) is 2.69. The Kier molecular flexibility index (Phi) is 2.63. The predicted octanol–water partition coefficient (Wildman–Crippen LogP) is 0.761. The van der Waals surface area contributed by atoms with Crippen LogP contribution in [0, 0.1) is 17.8 Å². The van der Waals surface area contributed by atoms with E-state index in [2.05, 4.69) is 27.1 Å². The zero-order valence-corrected chi connectivity index (χ0v) is 7.51. The Balaban J connectivity index is 1.95. The molecule has 0 bridgehead atoms. The van der Waals surface area contributed by atoms with Crippen LogP contribution in [0.4, 0.5) is 0 Å². The molecule has 1 aliphatic rings. The monoisotopic (exact) mass is 175 g/mol. The van der Waals surface area contributed by atoms with Crippen LogP contribution in [0.2, 0.25) is 0 Å². The molecule has 0 aromatic carbocycles. The lowest BCUT2D eigenvalue weighted by Gasteiger charge is -2.16. The number of hydrogen-bond donors (Lipinski definition) is 2. The second-order valence-corrected chi connectivity index (χ2v) is 3.26. The van der Waals surface area contributed by atoms with Crippen LogP contribution in [0.1, 0.15) is 18.5 Å². The van der Waals surface area contributed by atoms with E-state index in [1.54, 1.807) is 12.5 Å². The highest BCUT2D eigenvalue weighted by Crippen LogP contribution is 2.09. The lowest BCUT2D eigenvalue weighted by atomic mass is 9.99. The molecule has 1 fully saturated rings. The molecule has 3 heteroatoms. The van der Waals surface area contributed by atoms with Crippen LogP contribution >= 0.6 is 0 Å². The highest BCUT2D eigenvalue weighted by Gasteiger charge is 2.08. The quantitative estimate of drug-likeness (QED) is 0.571. The molecule has 2 N–H and O–H groups in total. The van der Waals surface area contributed by atoms with Crippen molar-refractivity contribution in [2.45, 2.75) is 12.8 Å². The van der Waals surface area contributed by atoms with Gasteiger partial charge in [-0.3, -0.25) is 0 Å². The van der Waals surface area contributed by atoms with Crippen molar-refractivity contribution in [3.8, 4) is 11.8 Å². The van der Waals surface area contributed by atoms with Gasteiger partial charge < -0.3 is 10.3 Å². The van der Waals surface area contributed by atoms with E-state index in [9.17, 15) is 0 Å². The average molecular weight is 175 g/mol. The lowest BCUT2D eigenvalue weighted by Crippen LogP contribution is -2.26. The molecular formula is C10H13N3. The van der Waals surface area contributed by atoms with Gasteiger partial charge in [0.1, 0.15) is 5.69 Å². The van der Waals surface area contributed by atoms with E-state index in [1.807, 2.05) is 0 Å². The van der Waals surface area contributed by atoms with Crippen molar-refractivity contribution >= 4 is 0 Å². The Labute approximate surface area is 78.0 Å². The smallest absolute Gasteiger partial charge is 0.109 e. The summed E-state index contributed by atoms with van der Waals surface area (Å²) in [6.45, 7) is 2.20. The first-order chi connectivity index (χ1) is 6.45. The predicted molar refractivity (Wildman–Crippen MR) is 51.1 cm³/mol. The number of H-pyrrole nitrogens is 1. The summed E-state index contributed by atoms with van der Waals surface area (Å²) in [5.74, 6) is 6.92. The first-order valence-electron chi connectivity index (χ1n) is 4.66. The molecule has 0 radical (unpaired) electrons. The second-order valence-electron chi connectivity index (χ2n) is 3.26. The van der Waals surface area contributed by atoms with E-state index in [0.717, 1.165) is 18.8 Å². The Morgan fingerprint density at radius 1 is 1.38 bits per heavy atom. The van der Waals surface area contributed by atoms with Gasteiger partial charge in [0.15, 0.2) is 0 Å². The molecule has 0 aliphatic carbocycles. The Hall–Kier alpha value is -1.27. The van der Waals surface area contributed by atoms with E-state index in [1.165, 1.54) is 12.8 Å². The molecule has 1 aliphatic heterocycles. The largest absolute Gasteiger partial charge is 0.338 e. The molecule has 1 saturated heterocycles. The molecule has 0 atom stereocenters. The molecule has 0 unspecified atom stereocenters. The number of aromatic nitrogens is 2. The maximum absolute atomic E-state index is 3.92. The molecule has 0 spiro atoms. The molecule has 2 heterocycles. The fourth-order valence-electron chi connectivity index (χ4n) is 1.47. The minimum absolute atomic E-state index is 0.560. The third kappa shape index (κ3) is 2.33. The lowest BCUT2D eigenvalue weighted by molar-refractivity contribution is 0.447. The van der Waals surface area contributed by atoms with Crippen LogP contribution in [0.15, 0.2) is 12.5 Å². The number of imidazole rings is 1. The summed E-state index contributed by atoms with van der Waals surface area (Å²) in [4.78, 5) is 6.89. The molecule has 68 valence electrons. The van der Waals surface area contributed by atoms with Crippen LogP contribution in [0.5, 0.6) is 0 Å². The fourth-order valence-corrected chi connectivity index (χ4v) is 1.47. The Morgan fingerprint density at radius 2 is 2.23 bits per heavy atom. The van der Waals surface area contributed by atoms with E-state index in [-0.39, 0.29) is 0 Å². The highest BCUT2D eigenvalue weighted by molar-refractivity contribution is 5.25. The summed E-state index contributed by atoms with van der Waals surface area (Å²) in [7, 11) is 0. The summed E-state index contributed by atoms with van der Waals surface area (Å²) in [5.41, 5.74) is 0.915. The highest BCUT2D eigenvalue weighted by atomic mass is 14.9. The Morgan fingerprint density at radius 3 is 2.92 bits per heavy atom. The van der Waals surface area contributed by atoms with Gasteiger partial charge in [0, 0.05) is 5.92 Å². The maximum atomic E-state index is 3.92. The standard InChI is InChI=1S/C10H13N3/c1(2-10-7-12-8-13-10)9-3-5-11-6-4-9/h7-9,11H,3-6H2,(H,12,13). The van der Waals surface area contributed by atoms with Crippen LogP contribution in [0.25, 0.3) is 0 Å². The summed E-state index contributed by atoms with van der Waals surface area (Å²) in [6.07, 6.45) is 5.75. The topological polar surface area (TPSA) is 40.7 Å². The first kappa shape index (κ1) is 8.33. The van der Waals surface area contributed by atoms with Crippen molar-refractivity contribution in [1.29, 1.82) is 0 Å². The van der Waals surface area contributed by atoms with Crippen molar-refractivity contribution in [3.63, 3.8) is 0 Å². The van der Waals surface area contributed by atoms with Gasteiger partial charge in [0.05, 0.1) is 12.5 Å². The second kappa shape index (κ2) is 4.11. The molecule has 1 aromatic rings. The van der Waals surface area contributed by atoms with Gasteiger partial charge in [-0.05, 0) is 31.9 Å². The normalized spacial score (nSPS) is 17.8. The van der Waals surface area contributed by atoms with Crippen molar-refractivity contribution in [3.05, 3.63) is 18.2 Å². The van der Waals surface area contributed by atoms with Gasteiger partial charge in [-0.15, -0.1) is 0 Å². The van der Waals surface area contributed by atoms with E-state index >= 15 is 0 Å². The Bertz CT molecular complexity index is 299. The van der Waals surface area contributed by atoms with Gasteiger partial charge in [-0.2, -0.15) is 0 Å². The molecule has 3 nitrogen and oxygen atoms in total. The van der Waals surface area contributed by atoms with Gasteiger partial charge in [0.25, 0.3) is 0 Å². The first-order valence-corrected chi connectivity index (χ1v) is 4.66. The third-order valence-corrected chi connectivity index (χ3v) is 2.25. The summed E-state index contributed by atoms with van der Waals surface area (Å²) in [6, 6.07) is 0. The number of nitrogens with one attached hydrogen (secondary N) is 2. The van der Waals surface area contributed by atoms with Crippen LogP contribution < -0.4 is 5.32 Å². The van der Waals surface area contributed by atoms with E-state index in [4.69, 9.17) is 0 Å². The van der Waals surface area contributed by atoms with Crippen LogP contribution in [0.3, 0.4) is 0 Å². The summed E-state index contributed by atoms with van der Waals surface area (Å²) < 4.78 is 0. The molecule has 2 rings (SSSR count). The number of hydrogen-bond acceptors (Lipinski definition) is 2. The van der Waals surface area contributed by atoms with E-state index in [0.29, 0.717) is 5.92 Å². The van der Waals surface area contributed by atoms with Crippen molar-refractivity contribution in [1.82, 2.24) is 15.3 Å². The van der Waals surface area contributed by atoms with Crippen molar-refractivity contribution in [2.75, 3.05) is 13.1 Å². The van der Waals surface area contributed by atoms with E-state index < -0.39 is 0 Å². The number of rotatable bonds is 0. The minimum Gasteiger partial charge on any atom is -0.338 e. The van der Waals surface area contributed by atoms with Crippen LogP contribution in [-0.2, 0) is 0 Å². The zero-order valence-electron chi connectivity index (χ0n) is 7.51. The van der Waals surface area contributed by atoms with Gasteiger partial charge in [0.2, 0.25) is 0 Å². The van der Waals surface area contributed by atoms with Crippen molar-refractivity contribution in [2.24, 2.45) is 5.92 Å². The SMILES string of the molecule is C(#CC1CCNCC1)c1cnc[nH]1.